The molecule has 0 amide bonds. The Morgan fingerprint density at radius 3 is 2.65 bits per heavy atom. The number of carboxylic acids is 1. The fraction of sp³-hybridized carbons (Fsp3) is 0.333. The second kappa shape index (κ2) is 5.88. The van der Waals surface area contributed by atoms with E-state index in [4.69, 9.17) is 5.73 Å². The average Bonchev–Trinajstić information content (AvgIpc) is 2.94. The van der Waals surface area contributed by atoms with E-state index in [0.717, 1.165) is 11.3 Å². The van der Waals surface area contributed by atoms with Crippen LogP contribution in [-0.4, -0.2) is 27.4 Å². The van der Waals surface area contributed by atoms with Crippen molar-refractivity contribution in [1.82, 2.24) is 9.78 Å². The van der Waals surface area contributed by atoms with Gasteiger partial charge in [-0.2, -0.15) is 5.10 Å². The fourth-order valence-corrected chi connectivity index (χ4v) is 2.22. The van der Waals surface area contributed by atoms with Gasteiger partial charge in [-0.1, -0.05) is 25.1 Å². The van der Waals surface area contributed by atoms with Crippen LogP contribution in [0.2, 0.25) is 0 Å². The first-order chi connectivity index (χ1) is 9.61. The van der Waals surface area contributed by atoms with Crippen LogP contribution in [0.4, 0.5) is 0 Å². The summed E-state index contributed by atoms with van der Waals surface area (Å²) in [6.45, 7) is 1.97. The van der Waals surface area contributed by atoms with Crippen molar-refractivity contribution in [3.8, 4) is 5.69 Å². The quantitative estimate of drug-likeness (QED) is 0.841. The largest absolute Gasteiger partial charge is 0.481 e. The molecule has 5 heteroatoms. The number of nitrogens with two attached hydrogens (primary N) is 1. The van der Waals surface area contributed by atoms with Crippen LogP contribution in [0, 0.1) is 5.41 Å². The molecule has 0 fully saturated rings. The molecular formula is C15H19N3O2. The van der Waals surface area contributed by atoms with E-state index in [2.05, 4.69) is 5.10 Å². The Balaban J connectivity index is 2.23. The number of rotatable bonds is 6. The average molecular weight is 273 g/mol. The summed E-state index contributed by atoms with van der Waals surface area (Å²) in [4.78, 5) is 11.5. The van der Waals surface area contributed by atoms with Gasteiger partial charge in [0.1, 0.15) is 0 Å². The van der Waals surface area contributed by atoms with Gasteiger partial charge < -0.3 is 10.8 Å². The van der Waals surface area contributed by atoms with E-state index in [0.29, 0.717) is 12.8 Å². The summed E-state index contributed by atoms with van der Waals surface area (Å²) < 4.78 is 1.74. The smallest absolute Gasteiger partial charge is 0.311 e. The summed E-state index contributed by atoms with van der Waals surface area (Å²) >= 11 is 0. The molecule has 106 valence electrons. The van der Waals surface area contributed by atoms with Crippen LogP contribution in [-0.2, 0) is 11.2 Å². The number of benzene rings is 1. The number of carbonyl (C=O) groups is 1. The molecule has 2 aromatic rings. The lowest BCUT2D eigenvalue weighted by atomic mass is 9.80. The zero-order valence-corrected chi connectivity index (χ0v) is 11.5. The van der Waals surface area contributed by atoms with Crippen molar-refractivity contribution in [2.24, 2.45) is 11.1 Å². The zero-order chi connectivity index (χ0) is 14.6. The van der Waals surface area contributed by atoms with Gasteiger partial charge in [-0.05, 0) is 30.5 Å². The molecular weight excluding hydrogens is 254 g/mol. The fourth-order valence-electron chi connectivity index (χ4n) is 2.22. The highest BCUT2D eigenvalue weighted by Gasteiger charge is 2.35. The number of para-hydroxylation sites is 1. The topological polar surface area (TPSA) is 81.1 Å². The highest BCUT2D eigenvalue weighted by molar-refractivity contribution is 5.75. The standard InChI is InChI=1S/C15H19N3O2/c1-2-15(11-16,14(19)20)8-12-9-17-18(10-12)13-6-4-3-5-7-13/h3-7,9-10H,2,8,11,16H2,1H3,(H,19,20). The Morgan fingerprint density at radius 2 is 2.10 bits per heavy atom. The molecule has 2 rings (SSSR count). The van der Waals surface area contributed by atoms with Gasteiger partial charge in [0.05, 0.1) is 17.3 Å². The van der Waals surface area contributed by atoms with Gasteiger partial charge in [0.25, 0.3) is 0 Å². The lowest BCUT2D eigenvalue weighted by molar-refractivity contribution is -0.148. The summed E-state index contributed by atoms with van der Waals surface area (Å²) in [5.74, 6) is -0.852. The van der Waals surface area contributed by atoms with E-state index >= 15 is 0 Å². The summed E-state index contributed by atoms with van der Waals surface area (Å²) in [7, 11) is 0. The number of hydrogen-bond acceptors (Lipinski definition) is 3. The number of aromatic nitrogens is 2. The van der Waals surface area contributed by atoms with Gasteiger partial charge in [-0.15, -0.1) is 0 Å². The van der Waals surface area contributed by atoms with Crippen molar-refractivity contribution in [1.29, 1.82) is 0 Å². The van der Waals surface area contributed by atoms with Crippen molar-refractivity contribution < 1.29 is 9.90 Å². The Kier molecular flexibility index (Phi) is 4.20. The lowest BCUT2D eigenvalue weighted by Gasteiger charge is -2.25. The van der Waals surface area contributed by atoms with Crippen LogP contribution < -0.4 is 5.73 Å². The molecule has 0 saturated heterocycles. The number of hydrogen-bond donors (Lipinski definition) is 2. The first kappa shape index (κ1) is 14.3. The molecule has 3 N–H and O–H groups in total. The molecule has 0 aliphatic heterocycles. The van der Waals surface area contributed by atoms with Crippen molar-refractivity contribution in [3.05, 3.63) is 48.3 Å². The number of nitrogens with zero attached hydrogens (tertiary/aromatic N) is 2. The van der Waals surface area contributed by atoms with Gasteiger partial charge in [-0.25, -0.2) is 4.68 Å². The van der Waals surface area contributed by atoms with Gasteiger partial charge in [0.15, 0.2) is 0 Å². The van der Waals surface area contributed by atoms with E-state index in [9.17, 15) is 9.90 Å². The summed E-state index contributed by atoms with van der Waals surface area (Å²) in [5, 5.41) is 13.7. The highest BCUT2D eigenvalue weighted by atomic mass is 16.4. The van der Waals surface area contributed by atoms with E-state index in [-0.39, 0.29) is 6.54 Å². The molecule has 20 heavy (non-hydrogen) atoms. The molecule has 1 aromatic carbocycles. The highest BCUT2D eigenvalue weighted by Crippen LogP contribution is 2.26. The minimum atomic E-state index is -0.912. The second-order valence-corrected chi connectivity index (χ2v) is 4.95. The maximum atomic E-state index is 11.5. The van der Waals surface area contributed by atoms with Gasteiger partial charge in [-0.3, -0.25) is 4.79 Å². The Hall–Kier alpha value is -2.14. The minimum Gasteiger partial charge on any atom is -0.481 e. The van der Waals surface area contributed by atoms with Crippen LogP contribution in [0.15, 0.2) is 42.7 Å². The summed E-state index contributed by atoms with van der Waals surface area (Å²) in [6, 6.07) is 9.71. The molecule has 0 radical (unpaired) electrons. The van der Waals surface area contributed by atoms with E-state index < -0.39 is 11.4 Å². The predicted molar refractivity (Wildman–Crippen MR) is 76.7 cm³/mol. The first-order valence-corrected chi connectivity index (χ1v) is 6.64. The molecule has 0 aliphatic rings. The summed E-state index contributed by atoms with van der Waals surface area (Å²) in [5.41, 5.74) is 6.59. The van der Waals surface area contributed by atoms with Crippen molar-refractivity contribution in [2.45, 2.75) is 19.8 Å². The first-order valence-electron chi connectivity index (χ1n) is 6.64. The van der Waals surface area contributed by atoms with E-state index in [1.165, 1.54) is 0 Å². The van der Waals surface area contributed by atoms with Crippen LogP contribution in [0.5, 0.6) is 0 Å². The van der Waals surface area contributed by atoms with Crippen LogP contribution in [0.25, 0.3) is 5.69 Å². The minimum absolute atomic E-state index is 0.120. The third-order valence-electron chi connectivity index (χ3n) is 3.72. The molecule has 1 aromatic heterocycles. The molecule has 1 unspecified atom stereocenters. The molecule has 0 bridgehead atoms. The SMILES string of the molecule is CCC(CN)(Cc1cnn(-c2ccccc2)c1)C(=O)O. The molecule has 1 atom stereocenters. The van der Waals surface area contributed by atoms with Gasteiger partial charge in [0.2, 0.25) is 0 Å². The molecule has 0 aliphatic carbocycles. The Labute approximate surface area is 118 Å². The van der Waals surface area contributed by atoms with E-state index in [1.54, 1.807) is 10.9 Å². The molecule has 0 spiro atoms. The Bertz CT molecular complexity index is 574. The molecule has 1 heterocycles. The van der Waals surface area contributed by atoms with Gasteiger partial charge >= 0.3 is 5.97 Å². The maximum Gasteiger partial charge on any atom is 0.311 e. The maximum absolute atomic E-state index is 11.5. The number of aliphatic carboxylic acids is 1. The monoisotopic (exact) mass is 273 g/mol. The normalized spacial score (nSPS) is 13.9. The van der Waals surface area contributed by atoms with Crippen molar-refractivity contribution >= 4 is 5.97 Å². The van der Waals surface area contributed by atoms with Crippen molar-refractivity contribution in [2.75, 3.05) is 6.54 Å². The predicted octanol–water partition coefficient (Wildman–Crippen LogP) is 1.85. The van der Waals surface area contributed by atoms with Crippen molar-refractivity contribution in [3.63, 3.8) is 0 Å². The van der Waals surface area contributed by atoms with Gasteiger partial charge in [0, 0.05) is 12.7 Å². The molecule has 0 saturated carbocycles. The Morgan fingerprint density at radius 1 is 1.40 bits per heavy atom. The van der Waals surface area contributed by atoms with Crippen LogP contribution in [0.3, 0.4) is 0 Å². The van der Waals surface area contributed by atoms with Crippen LogP contribution >= 0.6 is 0 Å². The second-order valence-electron chi connectivity index (χ2n) is 4.95. The third-order valence-corrected chi connectivity index (χ3v) is 3.72. The number of carboxylic acid groups (broad SMARTS) is 1. The molecule has 5 nitrogen and oxygen atoms in total. The third kappa shape index (κ3) is 2.72. The summed E-state index contributed by atoms with van der Waals surface area (Å²) in [6.07, 6.45) is 4.45. The lowest BCUT2D eigenvalue weighted by Crippen LogP contribution is -2.40. The van der Waals surface area contributed by atoms with E-state index in [1.807, 2.05) is 43.5 Å². The zero-order valence-electron chi connectivity index (χ0n) is 11.5. The van der Waals surface area contributed by atoms with Crippen LogP contribution in [0.1, 0.15) is 18.9 Å².